The van der Waals surface area contributed by atoms with Crippen LogP contribution in [0, 0.1) is 0 Å². The molecular formula is C16H23N3O3. The van der Waals surface area contributed by atoms with E-state index in [0.717, 1.165) is 43.3 Å². The lowest BCUT2D eigenvalue weighted by Gasteiger charge is -2.37. The number of hydrogen-bond donors (Lipinski definition) is 1. The molecule has 0 atom stereocenters. The number of rotatable bonds is 4. The Labute approximate surface area is 131 Å². The average Bonchev–Trinajstić information content (AvgIpc) is 2.55. The number of nitrogens with zero attached hydrogens (tertiary/aromatic N) is 2. The summed E-state index contributed by atoms with van der Waals surface area (Å²) in [6, 6.07) is 6.10. The Hall–Kier alpha value is -1.95. The molecule has 0 unspecified atom stereocenters. The van der Waals surface area contributed by atoms with Crippen molar-refractivity contribution in [2.75, 3.05) is 62.3 Å². The second-order valence-corrected chi connectivity index (χ2v) is 5.44. The highest BCUT2D eigenvalue weighted by Gasteiger charge is 2.26. The second-order valence-electron chi connectivity index (χ2n) is 5.44. The fourth-order valence-corrected chi connectivity index (χ4v) is 3.00. The third-order valence-corrected chi connectivity index (χ3v) is 4.00. The number of esters is 1. The number of piperazine rings is 1. The van der Waals surface area contributed by atoms with Gasteiger partial charge in [-0.15, -0.1) is 0 Å². The molecule has 2 aliphatic heterocycles. The normalized spacial score (nSPS) is 17.7. The fourth-order valence-electron chi connectivity index (χ4n) is 3.00. The maximum absolute atomic E-state index is 11.9. The third-order valence-electron chi connectivity index (χ3n) is 4.00. The summed E-state index contributed by atoms with van der Waals surface area (Å²) in [6.45, 7) is 7.69. The van der Waals surface area contributed by atoms with Gasteiger partial charge in [0.15, 0.2) is 0 Å². The molecule has 1 fully saturated rings. The van der Waals surface area contributed by atoms with Crippen molar-refractivity contribution in [2.45, 2.75) is 6.92 Å². The first-order valence-corrected chi connectivity index (χ1v) is 7.91. The van der Waals surface area contributed by atoms with E-state index in [1.54, 1.807) is 0 Å². The molecule has 0 spiro atoms. The summed E-state index contributed by atoms with van der Waals surface area (Å²) in [7, 11) is 0. The Morgan fingerprint density at radius 2 is 2.14 bits per heavy atom. The summed E-state index contributed by atoms with van der Waals surface area (Å²) in [6.07, 6.45) is 0. The Morgan fingerprint density at radius 3 is 2.91 bits per heavy atom. The molecule has 0 radical (unpaired) electrons. The molecular weight excluding hydrogens is 282 g/mol. The van der Waals surface area contributed by atoms with Gasteiger partial charge in [0, 0.05) is 26.2 Å². The molecule has 0 aliphatic carbocycles. The van der Waals surface area contributed by atoms with Crippen LogP contribution in [0.3, 0.4) is 0 Å². The van der Waals surface area contributed by atoms with Gasteiger partial charge >= 0.3 is 5.97 Å². The standard InChI is InChI=1S/C16H23N3O3/c1-2-21-15(20)12-19-10-11-22-14-5-3-4-13(16(14)19)18-8-6-17-7-9-18/h3-5,17H,2,6-12H2,1H3. The molecule has 1 saturated heterocycles. The van der Waals surface area contributed by atoms with Crippen LogP contribution in [0.25, 0.3) is 0 Å². The van der Waals surface area contributed by atoms with E-state index in [4.69, 9.17) is 9.47 Å². The molecule has 1 N–H and O–H groups in total. The first-order valence-electron chi connectivity index (χ1n) is 7.91. The first-order chi connectivity index (χ1) is 10.8. The minimum atomic E-state index is -0.189. The van der Waals surface area contributed by atoms with Crippen LogP contribution >= 0.6 is 0 Å². The van der Waals surface area contributed by atoms with Crippen molar-refractivity contribution >= 4 is 17.3 Å². The maximum Gasteiger partial charge on any atom is 0.325 e. The van der Waals surface area contributed by atoms with Crippen molar-refractivity contribution in [1.29, 1.82) is 0 Å². The number of nitrogens with one attached hydrogen (secondary N) is 1. The first kappa shape index (κ1) is 15.0. The van der Waals surface area contributed by atoms with Crippen LogP contribution in [0.15, 0.2) is 18.2 Å². The number of carbonyl (C=O) groups excluding carboxylic acids is 1. The van der Waals surface area contributed by atoms with Gasteiger partial charge in [-0.2, -0.15) is 0 Å². The zero-order valence-electron chi connectivity index (χ0n) is 13.0. The lowest BCUT2D eigenvalue weighted by molar-refractivity contribution is -0.141. The average molecular weight is 305 g/mol. The largest absolute Gasteiger partial charge is 0.489 e. The molecule has 120 valence electrons. The zero-order valence-corrected chi connectivity index (χ0v) is 13.0. The zero-order chi connectivity index (χ0) is 15.4. The van der Waals surface area contributed by atoms with E-state index in [2.05, 4.69) is 21.2 Å². The molecule has 1 aromatic carbocycles. The predicted molar refractivity (Wildman–Crippen MR) is 85.9 cm³/mol. The molecule has 1 aromatic rings. The highest BCUT2D eigenvalue weighted by Crippen LogP contribution is 2.40. The van der Waals surface area contributed by atoms with Gasteiger partial charge in [-0.3, -0.25) is 4.79 Å². The highest BCUT2D eigenvalue weighted by atomic mass is 16.5. The number of hydrogen-bond acceptors (Lipinski definition) is 6. The second kappa shape index (κ2) is 6.87. The van der Waals surface area contributed by atoms with Crippen molar-refractivity contribution in [3.05, 3.63) is 18.2 Å². The van der Waals surface area contributed by atoms with Gasteiger partial charge in [0.05, 0.1) is 18.8 Å². The van der Waals surface area contributed by atoms with Crippen LogP contribution < -0.4 is 19.9 Å². The van der Waals surface area contributed by atoms with Crippen LogP contribution in [0.4, 0.5) is 11.4 Å². The van der Waals surface area contributed by atoms with Crippen LogP contribution in [-0.4, -0.2) is 58.5 Å². The molecule has 22 heavy (non-hydrogen) atoms. The van der Waals surface area contributed by atoms with E-state index >= 15 is 0 Å². The summed E-state index contributed by atoms with van der Waals surface area (Å²) in [5.74, 6) is 0.664. The number of ether oxygens (including phenoxy) is 2. The van der Waals surface area contributed by atoms with Gasteiger partial charge in [0.1, 0.15) is 24.6 Å². The summed E-state index contributed by atoms with van der Waals surface area (Å²) in [5.41, 5.74) is 2.16. The molecule has 3 rings (SSSR count). The van der Waals surface area contributed by atoms with Crippen LogP contribution in [0.5, 0.6) is 5.75 Å². The lowest BCUT2D eigenvalue weighted by atomic mass is 10.1. The number of fused-ring (bicyclic) bond motifs is 1. The third kappa shape index (κ3) is 3.11. The molecule has 0 saturated carbocycles. The van der Waals surface area contributed by atoms with Gasteiger partial charge in [0.2, 0.25) is 0 Å². The Morgan fingerprint density at radius 1 is 1.32 bits per heavy atom. The highest BCUT2D eigenvalue weighted by molar-refractivity contribution is 5.84. The predicted octanol–water partition coefficient (Wildman–Crippen LogP) is 0.858. The van der Waals surface area contributed by atoms with E-state index in [1.165, 1.54) is 0 Å². The Balaban J connectivity index is 1.87. The monoisotopic (exact) mass is 305 g/mol. The van der Waals surface area contributed by atoms with Crippen molar-refractivity contribution in [3.8, 4) is 5.75 Å². The quantitative estimate of drug-likeness (QED) is 0.833. The summed E-state index contributed by atoms with van der Waals surface area (Å²) in [4.78, 5) is 16.3. The van der Waals surface area contributed by atoms with Crippen LogP contribution in [0.2, 0.25) is 0 Å². The lowest BCUT2D eigenvalue weighted by Crippen LogP contribution is -2.45. The molecule has 6 heteroatoms. The Kier molecular flexibility index (Phi) is 4.68. The van der Waals surface area contributed by atoms with Crippen LogP contribution in [0.1, 0.15) is 6.92 Å². The summed E-state index contributed by atoms with van der Waals surface area (Å²) >= 11 is 0. The van der Waals surface area contributed by atoms with E-state index in [9.17, 15) is 4.79 Å². The summed E-state index contributed by atoms with van der Waals surface area (Å²) < 4.78 is 10.9. The Bertz CT molecular complexity index is 529. The molecule has 2 aliphatic rings. The van der Waals surface area contributed by atoms with Crippen molar-refractivity contribution in [2.24, 2.45) is 0 Å². The number of anilines is 2. The minimum absolute atomic E-state index is 0.189. The van der Waals surface area contributed by atoms with Crippen molar-refractivity contribution < 1.29 is 14.3 Å². The van der Waals surface area contributed by atoms with E-state index in [-0.39, 0.29) is 12.5 Å². The number of para-hydroxylation sites is 1. The minimum Gasteiger partial charge on any atom is -0.489 e. The number of benzene rings is 1. The maximum atomic E-state index is 11.9. The topological polar surface area (TPSA) is 54.0 Å². The van der Waals surface area contributed by atoms with Crippen molar-refractivity contribution in [3.63, 3.8) is 0 Å². The smallest absolute Gasteiger partial charge is 0.325 e. The SMILES string of the molecule is CCOC(=O)CN1CCOc2cccc(N3CCNCC3)c21. The molecule has 2 heterocycles. The molecule has 0 aromatic heterocycles. The fraction of sp³-hybridized carbons (Fsp3) is 0.562. The van der Waals surface area contributed by atoms with Crippen LogP contribution in [-0.2, 0) is 9.53 Å². The van der Waals surface area contributed by atoms with Gasteiger partial charge in [-0.1, -0.05) is 6.07 Å². The van der Waals surface area contributed by atoms with Gasteiger partial charge in [0.25, 0.3) is 0 Å². The van der Waals surface area contributed by atoms with Gasteiger partial charge in [-0.25, -0.2) is 0 Å². The molecule has 6 nitrogen and oxygen atoms in total. The molecule has 0 amide bonds. The number of carbonyl (C=O) groups is 1. The summed E-state index contributed by atoms with van der Waals surface area (Å²) in [5, 5.41) is 3.36. The van der Waals surface area contributed by atoms with Crippen molar-refractivity contribution in [1.82, 2.24) is 5.32 Å². The van der Waals surface area contributed by atoms with Gasteiger partial charge < -0.3 is 24.6 Å². The van der Waals surface area contributed by atoms with E-state index < -0.39 is 0 Å². The van der Waals surface area contributed by atoms with E-state index in [1.807, 2.05) is 19.1 Å². The van der Waals surface area contributed by atoms with E-state index in [0.29, 0.717) is 19.8 Å². The van der Waals surface area contributed by atoms with Gasteiger partial charge in [-0.05, 0) is 19.1 Å². The molecule has 0 bridgehead atoms.